The standard InChI is InChI=1S/C69H48N2/c1-45-23-41-58-59-42-24-46(2)44-65(59)69(64(58)43-45)63-20-9-6-15-57(63)62-19-12-18-56(68(62)69)51-31-39-54(40-32-51)70(52-33-25-48(26-34-52)47-13-4-3-5-14-47)53-35-27-49(28-36-53)50-29-37-55(38-30-50)71-66-21-10-7-16-60(66)61-17-8-11-22-67(61)71/h3-44H,1-2H3. The molecule has 2 nitrogen and oxygen atoms in total. The van der Waals surface area contributed by atoms with Crippen LogP contribution in [0.3, 0.4) is 0 Å². The number of para-hydroxylation sites is 2. The number of hydrogen-bond donors (Lipinski definition) is 0. The molecule has 0 unspecified atom stereocenters. The Morgan fingerprint density at radius 3 is 1.30 bits per heavy atom. The lowest BCUT2D eigenvalue weighted by molar-refractivity contribution is 0.793. The van der Waals surface area contributed by atoms with Crippen LogP contribution in [0.5, 0.6) is 0 Å². The molecule has 0 amide bonds. The highest BCUT2D eigenvalue weighted by Crippen LogP contribution is 2.64. The van der Waals surface area contributed by atoms with Gasteiger partial charge in [0, 0.05) is 33.5 Å². The van der Waals surface area contributed by atoms with E-state index in [1.54, 1.807) is 0 Å². The smallest absolute Gasteiger partial charge is 0.0731 e. The van der Waals surface area contributed by atoms with E-state index < -0.39 is 5.41 Å². The van der Waals surface area contributed by atoms with E-state index in [0.29, 0.717) is 0 Å². The van der Waals surface area contributed by atoms with Gasteiger partial charge in [-0.25, -0.2) is 0 Å². The van der Waals surface area contributed by atoms with Gasteiger partial charge in [-0.05, 0) is 152 Å². The number of aryl methyl sites for hydroxylation is 2. The molecular formula is C69H48N2. The molecule has 0 atom stereocenters. The van der Waals surface area contributed by atoms with Crippen LogP contribution in [0.4, 0.5) is 17.1 Å². The molecule has 0 N–H and O–H groups in total. The number of rotatable bonds is 7. The molecule has 2 aliphatic rings. The van der Waals surface area contributed by atoms with E-state index >= 15 is 0 Å². The van der Waals surface area contributed by atoms with Crippen molar-refractivity contribution in [3.63, 3.8) is 0 Å². The van der Waals surface area contributed by atoms with Gasteiger partial charge in [0.2, 0.25) is 0 Å². The Labute approximate surface area is 415 Å². The summed E-state index contributed by atoms with van der Waals surface area (Å²) in [4.78, 5) is 2.38. The third kappa shape index (κ3) is 6.28. The van der Waals surface area contributed by atoms with Crippen molar-refractivity contribution >= 4 is 38.9 Å². The predicted molar refractivity (Wildman–Crippen MR) is 298 cm³/mol. The lowest BCUT2D eigenvalue weighted by Crippen LogP contribution is -2.27. The van der Waals surface area contributed by atoms with Crippen LogP contribution >= 0.6 is 0 Å². The first-order valence-corrected chi connectivity index (χ1v) is 24.7. The zero-order chi connectivity index (χ0) is 47.2. The Morgan fingerprint density at radius 2 is 0.732 bits per heavy atom. The van der Waals surface area contributed by atoms with Crippen LogP contribution < -0.4 is 4.90 Å². The van der Waals surface area contributed by atoms with Gasteiger partial charge in [-0.2, -0.15) is 0 Å². The molecule has 71 heavy (non-hydrogen) atoms. The van der Waals surface area contributed by atoms with E-state index in [9.17, 15) is 0 Å². The highest BCUT2D eigenvalue weighted by atomic mass is 15.1. The molecule has 0 saturated heterocycles. The zero-order valence-corrected chi connectivity index (χ0v) is 39.6. The lowest BCUT2D eigenvalue weighted by atomic mass is 9.68. The van der Waals surface area contributed by atoms with Crippen LogP contribution in [0.1, 0.15) is 33.4 Å². The lowest BCUT2D eigenvalue weighted by Gasteiger charge is -2.32. The molecule has 0 radical (unpaired) electrons. The van der Waals surface area contributed by atoms with E-state index in [-0.39, 0.29) is 0 Å². The van der Waals surface area contributed by atoms with Gasteiger partial charge in [0.1, 0.15) is 0 Å². The Morgan fingerprint density at radius 1 is 0.310 bits per heavy atom. The molecule has 0 bridgehead atoms. The first-order chi connectivity index (χ1) is 35.0. The molecule has 14 rings (SSSR count). The van der Waals surface area contributed by atoms with Crippen LogP contribution in [-0.4, -0.2) is 4.57 Å². The third-order valence-corrected chi connectivity index (χ3v) is 15.3. The summed E-state index contributed by atoms with van der Waals surface area (Å²) >= 11 is 0. The minimum absolute atomic E-state index is 0.441. The van der Waals surface area contributed by atoms with E-state index in [0.717, 1.165) is 22.7 Å². The zero-order valence-electron chi connectivity index (χ0n) is 39.6. The molecule has 0 aliphatic heterocycles. The molecule has 0 fully saturated rings. The molecule has 12 aromatic rings. The summed E-state index contributed by atoms with van der Waals surface area (Å²) in [5.41, 5.74) is 27.0. The molecule has 334 valence electrons. The number of anilines is 3. The molecule has 0 saturated carbocycles. The third-order valence-electron chi connectivity index (χ3n) is 15.3. The van der Waals surface area contributed by atoms with Gasteiger partial charge >= 0.3 is 0 Å². The average molecular weight is 905 g/mol. The van der Waals surface area contributed by atoms with Crippen molar-refractivity contribution in [1.82, 2.24) is 4.57 Å². The van der Waals surface area contributed by atoms with Crippen molar-refractivity contribution in [2.45, 2.75) is 19.3 Å². The molecule has 1 spiro atoms. The second-order valence-electron chi connectivity index (χ2n) is 19.4. The molecule has 1 heterocycles. The fourth-order valence-corrected chi connectivity index (χ4v) is 12.2. The van der Waals surface area contributed by atoms with Crippen LogP contribution in [0, 0.1) is 13.8 Å². The Balaban J connectivity index is 0.862. The highest BCUT2D eigenvalue weighted by molar-refractivity contribution is 6.09. The number of nitrogens with zero attached hydrogens (tertiary/aromatic N) is 2. The highest BCUT2D eigenvalue weighted by Gasteiger charge is 2.52. The van der Waals surface area contributed by atoms with Gasteiger partial charge in [-0.1, -0.05) is 205 Å². The topological polar surface area (TPSA) is 8.17 Å². The first kappa shape index (κ1) is 41.0. The van der Waals surface area contributed by atoms with Gasteiger partial charge in [0.15, 0.2) is 0 Å². The van der Waals surface area contributed by atoms with Crippen molar-refractivity contribution < 1.29 is 0 Å². The van der Waals surface area contributed by atoms with Crippen molar-refractivity contribution in [3.8, 4) is 61.3 Å². The molecule has 1 aromatic heterocycles. The van der Waals surface area contributed by atoms with Crippen LogP contribution in [0.2, 0.25) is 0 Å². The maximum absolute atomic E-state index is 2.45. The number of hydrogen-bond acceptors (Lipinski definition) is 1. The van der Waals surface area contributed by atoms with Gasteiger partial charge in [0.25, 0.3) is 0 Å². The normalized spacial score (nSPS) is 12.8. The summed E-state index contributed by atoms with van der Waals surface area (Å²) in [7, 11) is 0. The fourth-order valence-electron chi connectivity index (χ4n) is 12.2. The Kier molecular flexibility index (Phi) is 9.28. The molecule has 11 aromatic carbocycles. The summed E-state index contributed by atoms with van der Waals surface area (Å²) < 4.78 is 2.38. The van der Waals surface area contributed by atoms with E-state index in [1.807, 2.05) is 0 Å². The summed E-state index contributed by atoms with van der Waals surface area (Å²) in [5.74, 6) is 0. The van der Waals surface area contributed by atoms with E-state index in [4.69, 9.17) is 0 Å². The largest absolute Gasteiger partial charge is 0.311 e. The Bertz CT molecular complexity index is 3920. The Hall–Kier alpha value is -8.98. The van der Waals surface area contributed by atoms with Crippen molar-refractivity contribution in [1.29, 1.82) is 0 Å². The molecular weight excluding hydrogens is 857 g/mol. The fraction of sp³-hybridized carbons (Fsp3) is 0.0435. The minimum Gasteiger partial charge on any atom is -0.311 e. The van der Waals surface area contributed by atoms with Gasteiger partial charge in [-0.15, -0.1) is 0 Å². The summed E-state index contributed by atoms with van der Waals surface area (Å²) in [5, 5.41) is 2.54. The van der Waals surface area contributed by atoms with Crippen molar-refractivity contribution in [3.05, 3.63) is 288 Å². The quantitative estimate of drug-likeness (QED) is 0.155. The van der Waals surface area contributed by atoms with E-state index in [1.165, 1.54) is 111 Å². The van der Waals surface area contributed by atoms with Crippen molar-refractivity contribution in [2.75, 3.05) is 4.90 Å². The number of benzene rings is 11. The van der Waals surface area contributed by atoms with Gasteiger partial charge < -0.3 is 9.47 Å². The van der Waals surface area contributed by atoms with Gasteiger partial charge in [0.05, 0.1) is 16.4 Å². The van der Waals surface area contributed by atoms with Crippen LogP contribution in [0.25, 0.3) is 83.1 Å². The monoisotopic (exact) mass is 904 g/mol. The van der Waals surface area contributed by atoms with Gasteiger partial charge in [-0.3, -0.25) is 0 Å². The summed E-state index contributed by atoms with van der Waals surface area (Å²) in [6.07, 6.45) is 0. The SMILES string of the molecule is Cc1ccc2c(c1)C1(c3cc(C)ccc3-2)c2ccccc2-c2cccc(-c3ccc(N(c4ccc(-c5ccccc5)cc4)c4ccc(-c5ccc(-n6c7ccccc7c7ccccc76)cc5)cc4)cc3)c21. The molecule has 2 aliphatic carbocycles. The number of fused-ring (bicyclic) bond motifs is 13. The number of aromatic nitrogens is 1. The predicted octanol–water partition coefficient (Wildman–Crippen LogP) is 18.2. The summed E-state index contributed by atoms with van der Waals surface area (Å²) in [6.45, 7) is 4.46. The van der Waals surface area contributed by atoms with Crippen LogP contribution in [0.15, 0.2) is 255 Å². The first-order valence-electron chi connectivity index (χ1n) is 24.7. The van der Waals surface area contributed by atoms with Crippen LogP contribution in [-0.2, 0) is 5.41 Å². The maximum Gasteiger partial charge on any atom is 0.0731 e. The average Bonchev–Trinajstić information content (AvgIpc) is 4.03. The second kappa shape index (κ2) is 16.1. The summed E-state index contributed by atoms with van der Waals surface area (Å²) in [6, 6.07) is 94.5. The van der Waals surface area contributed by atoms with Crippen molar-refractivity contribution in [2.24, 2.45) is 0 Å². The van der Waals surface area contributed by atoms with E-state index in [2.05, 4.69) is 278 Å². The second-order valence-corrected chi connectivity index (χ2v) is 19.4. The molecule has 2 heteroatoms. The maximum atomic E-state index is 2.45. The minimum atomic E-state index is -0.441.